The number of hydrogen-bond donors (Lipinski definition) is 1. The van der Waals surface area contributed by atoms with Gasteiger partial charge in [-0.2, -0.15) is 0 Å². The summed E-state index contributed by atoms with van der Waals surface area (Å²) in [6.07, 6.45) is 7.03. The largest absolute Gasteiger partial charge is 0.460 e. The van der Waals surface area contributed by atoms with Crippen LogP contribution in [0, 0.1) is 11.8 Å². The molecule has 174 valence electrons. The predicted molar refractivity (Wildman–Crippen MR) is 117 cm³/mol. The van der Waals surface area contributed by atoms with Crippen LogP contribution in [0.4, 0.5) is 0 Å². The van der Waals surface area contributed by atoms with Gasteiger partial charge in [-0.1, -0.05) is 19.1 Å². The van der Waals surface area contributed by atoms with Gasteiger partial charge < -0.3 is 14.5 Å². The number of imide groups is 1. The molecule has 8 nitrogen and oxygen atoms in total. The minimum Gasteiger partial charge on any atom is -0.460 e. The van der Waals surface area contributed by atoms with Crippen LogP contribution in [0.2, 0.25) is 0 Å². The normalized spacial score (nSPS) is 29.3. The Labute approximate surface area is 185 Å². The monoisotopic (exact) mass is 435 g/mol. The molecular weight excluding hydrogens is 398 g/mol. The van der Waals surface area contributed by atoms with Gasteiger partial charge in [0.15, 0.2) is 0 Å². The SMILES string of the molecule is CC1C(CCC(=O)OC(C)(C)C)C=CC(N(C=O)C2CCCC(=O)NC2=O)C1N(C)C. The van der Waals surface area contributed by atoms with E-state index < -0.39 is 17.6 Å². The lowest BCUT2D eigenvalue weighted by Gasteiger charge is -2.46. The molecule has 1 saturated heterocycles. The van der Waals surface area contributed by atoms with Crippen LogP contribution in [0.25, 0.3) is 0 Å². The number of carbonyl (C=O) groups is 4. The first-order chi connectivity index (χ1) is 14.4. The summed E-state index contributed by atoms with van der Waals surface area (Å²) in [5.41, 5.74) is -0.506. The highest BCUT2D eigenvalue weighted by Crippen LogP contribution is 2.34. The van der Waals surface area contributed by atoms with Crippen molar-refractivity contribution in [1.82, 2.24) is 15.1 Å². The van der Waals surface area contributed by atoms with E-state index in [1.54, 1.807) is 4.90 Å². The van der Waals surface area contributed by atoms with Crippen molar-refractivity contribution in [2.75, 3.05) is 14.1 Å². The molecule has 0 radical (unpaired) electrons. The number of allylic oxidation sites excluding steroid dienone is 1. The van der Waals surface area contributed by atoms with Crippen molar-refractivity contribution in [1.29, 1.82) is 0 Å². The number of hydrogen-bond acceptors (Lipinski definition) is 6. The zero-order valence-corrected chi connectivity index (χ0v) is 19.6. The minimum absolute atomic E-state index is 0.0365. The smallest absolute Gasteiger partial charge is 0.306 e. The fourth-order valence-corrected chi connectivity index (χ4v) is 4.70. The predicted octanol–water partition coefficient (Wildman–Crippen LogP) is 1.88. The van der Waals surface area contributed by atoms with Crippen LogP contribution in [0.15, 0.2) is 12.2 Å². The summed E-state index contributed by atoms with van der Waals surface area (Å²) in [5.74, 6) is -0.636. The van der Waals surface area contributed by atoms with Gasteiger partial charge >= 0.3 is 5.97 Å². The van der Waals surface area contributed by atoms with E-state index in [9.17, 15) is 19.2 Å². The molecule has 31 heavy (non-hydrogen) atoms. The second-order valence-corrected chi connectivity index (χ2v) is 9.85. The van der Waals surface area contributed by atoms with Crippen LogP contribution in [-0.2, 0) is 23.9 Å². The zero-order valence-electron chi connectivity index (χ0n) is 19.6. The number of ether oxygens (including phenoxy) is 1. The Balaban J connectivity index is 2.18. The maximum Gasteiger partial charge on any atom is 0.306 e. The molecule has 1 fully saturated rings. The molecule has 2 aliphatic rings. The third-order valence-electron chi connectivity index (χ3n) is 6.09. The standard InChI is InChI=1S/C23H37N3O5/c1-15-16(11-13-20(29)31-23(2,3)4)10-12-17(21(15)25(5)6)26(14-27)18-8-7-9-19(28)24-22(18)30/h10,12,14-18,21H,7-9,11,13H2,1-6H3,(H,24,28,30). The Kier molecular flexibility index (Phi) is 8.40. The molecule has 2 rings (SSSR count). The number of nitrogens with one attached hydrogen (secondary N) is 1. The van der Waals surface area contributed by atoms with E-state index in [1.165, 1.54) is 0 Å². The van der Waals surface area contributed by atoms with E-state index in [2.05, 4.69) is 23.2 Å². The molecule has 5 unspecified atom stereocenters. The van der Waals surface area contributed by atoms with Gasteiger partial charge in [0, 0.05) is 18.9 Å². The van der Waals surface area contributed by atoms with Crippen molar-refractivity contribution in [3.05, 3.63) is 12.2 Å². The first-order valence-electron chi connectivity index (χ1n) is 11.1. The topological polar surface area (TPSA) is 96.0 Å². The molecule has 1 aliphatic heterocycles. The lowest BCUT2D eigenvalue weighted by Crippen LogP contribution is -2.59. The molecule has 0 aromatic heterocycles. The summed E-state index contributed by atoms with van der Waals surface area (Å²) in [6, 6.07) is -1.01. The number of likely N-dealkylation sites (N-methyl/N-ethyl adjacent to an activating group) is 1. The lowest BCUT2D eigenvalue weighted by molar-refractivity contribution is -0.155. The molecule has 0 saturated carbocycles. The van der Waals surface area contributed by atoms with Crippen LogP contribution in [0.3, 0.4) is 0 Å². The van der Waals surface area contributed by atoms with Gasteiger partial charge in [0.1, 0.15) is 11.6 Å². The highest BCUT2D eigenvalue weighted by atomic mass is 16.6. The van der Waals surface area contributed by atoms with Gasteiger partial charge in [-0.25, -0.2) is 0 Å². The Morgan fingerprint density at radius 3 is 2.52 bits per heavy atom. The first-order valence-corrected chi connectivity index (χ1v) is 11.1. The number of esters is 1. The van der Waals surface area contributed by atoms with Gasteiger partial charge in [0.05, 0.1) is 6.04 Å². The number of rotatable bonds is 7. The third-order valence-corrected chi connectivity index (χ3v) is 6.09. The molecule has 0 aromatic carbocycles. The minimum atomic E-state index is -0.674. The molecule has 0 spiro atoms. The summed E-state index contributed by atoms with van der Waals surface area (Å²) >= 11 is 0. The van der Waals surface area contributed by atoms with Crippen molar-refractivity contribution in [3.63, 3.8) is 0 Å². The number of amides is 3. The van der Waals surface area contributed by atoms with Crippen molar-refractivity contribution < 1.29 is 23.9 Å². The molecule has 3 amide bonds. The van der Waals surface area contributed by atoms with E-state index in [0.717, 1.165) is 6.41 Å². The highest BCUT2D eigenvalue weighted by molar-refractivity contribution is 5.99. The Morgan fingerprint density at radius 2 is 1.94 bits per heavy atom. The van der Waals surface area contributed by atoms with E-state index in [0.29, 0.717) is 25.7 Å². The Hall–Kier alpha value is -2.22. The highest BCUT2D eigenvalue weighted by Gasteiger charge is 2.41. The van der Waals surface area contributed by atoms with Gasteiger partial charge in [-0.15, -0.1) is 0 Å². The first kappa shape index (κ1) is 25.0. The number of nitrogens with zero attached hydrogens (tertiary/aromatic N) is 2. The van der Waals surface area contributed by atoms with Crippen molar-refractivity contribution >= 4 is 24.2 Å². The van der Waals surface area contributed by atoms with E-state index in [4.69, 9.17) is 4.74 Å². The molecule has 0 aromatic rings. The second kappa shape index (κ2) is 10.4. The molecule has 5 atom stereocenters. The van der Waals surface area contributed by atoms with E-state index in [-0.39, 0.29) is 42.2 Å². The lowest BCUT2D eigenvalue weighted by atomic mass is 9.75. The van der Waals surface area contributed by atoms with Crippen LogP contribution in [0.5, 0.6) is 0 Å². The summed E-state index contributed by atoms with van der Waals surface area (Å²) in [4.78, 5) is 52.1. The van der Waals surface area contributed by atoms with E-state index in [1.807, 2.05) is 40.9 Å². The van der Waals surface area contributed by atoms with Gasteiger partial charge in [-0.3, -0.25) is 24.5 Å². The Bertz CT molecular complexity index is 712. The van der Waals surface area contributed by atoms with Crippen LogP contribution in [-0.4, -0.2) is 71.8 Å². The third kappa shape index (κ3) is 6.63. The van der Waals surface area contributed by atoms with Crippen LogP contribution < -0.4 is 5.32 Å². The van der Waals surface area contributed by atoms with Crippen LogP contribution >= 0.6 is 0 Å². The van der Waals surface area contributed by atoms with Gasteiger partial charge in [0.2, 0.25) is 18.2 Å². The van der Waals surface area contributed by atoms with Gasteiger partial charge in [-0.05, 0) is 66.0 Å². The fraction of sp³-hybridized carbons (Fsp3) is 0.739. The zero-order chi connectivity index (χ0) is 23.3. The summed E-state index contributed by atoms with van der Waals surface area (Å²) < 4.78 is 5.43. The average molecular weight is 436 g/mol. The molecule has 8 heteroatoms. The van der Waals surface area contributed by atoms with Crippen molar-refractivity contribution in [3.8, 4) is 0 Å². The maximum atomic E-state index is 12.6. The molecule has 1 heterocycles. The molecule has 1 aliphatic carbocycles. The molecular formula is C23H37N3O5. The summed E-state index contributed by atoms with van der Waals surface area (Å²) in [7, 11) is 3.91. The second-order valence-electron chi connectivity index (χ2n) is 9.85. The number of carbonyl (C=O) groups excluding carboxylic acids is 4. The average Bonchev–Trinajstić information content (AvgIpc) is 2.80. The molecule has 1 N–H and O–H groups in total. The fourth-order valence-electron chi connectivity index (χ4n) is 4.70. The van der Waals surface area contributed by atoms with Crippen LogP contribution in [0.1, 0.15) is 59.8 Å². The van der Waals surface area contributed by atoms with E-state index >= 15 is 0 Å². The van der Waals surface area contributed by atoms with Crippen molar-refractivity contribution in [2.24, 2.45) is 11.8 Å². The van der Waals surface area contributed by atoms with Crippen molar-refractivity contribution in [2.45, 2.75) is 83.5 Å². The summed E-state index contributed by atoms with van der Waals surface area (Å²) in [5, 5.41) is 2.39. The maximum absolute atomic E-state index is 12.6. The Morgan fingerprint density at radius 1 is 1.26 bits per heavy atom. The summed E-state index contributed by atoms with van der Waals surface area (Å²) in [6.45, 7) is 7.67. The van der Waals surface area contributed by atoms with Gasteiger partial charge in [0.25, 0.3) is 0 Å². The molecule has 0 bridgehead atoms. The quantitative estimate of drug-likeness (QED) is 0.284.